The molecule has 27 heavy (non-hydrogen) atoms. The van der Waals surface area contributed by atoms with Crippen LogP contribution in [0, 0.1) is 5.82 Å². The molecule has 0 atom stereocenters. The first-order chi connectivity index (χ1) is 13.1. The fraction of sp³-hybridized carbons (Fsp3) is 0.211. The van der Waals surface area contributed by atoms with Gasteiger partial charge in [0, 0.05) is 25.2 Å². The number of benzene rings is 2. The first kappa shape index (κ1) is 17.4. The third kappa shape index (κ3) is 3.75. The standard InChI is InChI=1S/C19H16FN3O3S/c20-13-5-6-15-12(9-13)10-23(17(24)11-26-15)8-7-21-18(25)19-22-14-3-1-2-4-16(14)27-19/h1-6,9H,7-8,10-11H2,(H,21,25). The Morgan fingerprint density at radius 1 is 1.30 bits per heavy atom. The quantitative estimate of drug-likeness (QED) is 0.749. The average molecular weight is 385 g/mol. The highest BCUT2D eigenvalue weighted by Crippen LogP contribution is 2.24. The van der Waals surface area contributed by atoms with Gasteiger partial charge >= 0.3 is 0 Å². The van der Waals surface area contributed by atoms with E-state index < -0.39 is 0 Å². The molecule has 1 aliphatic heterocycles. The molecule has 0 radical (unpaired) electrons. The summed E-state index contributed by atoms with van der Waals surface area (Å²) in [4.78, 5) is 30.4. The largest absolute Gasteiger partial charge is 0.483 e. The predicted molar refractivity (Wildman–Crippen MR) is 99.3 cm³/mol. The molecule has 1 N–H and O–H groups in total. The van der Waals surface area contributed by atoms with Crippen molar-refractivity contribution in [3.05, 3.63) is 58.9 Å². The second kappa shape index (κ2) is 7.32. The summed E-state index contributed by atoms with van der Waals surface area (Å²) in [6, 6.07) is 11.7. The van der Waals surface area contributed by atoms with Crippen LogP contribution in [-0.2, 0) is 11.3 Å². The molecule has 2 aromatic carbocycles. The van der Waals surface area contributed by atoms with Crippen molar-refractivity contribution in [2.45, 2.75) is 6.54 Å². The lowest BCUT2D eigenvalue weighted by Gasteiger charge is -2.20. The zero-order valence-electron chi connectivity index (χ0n) is 14.3. The number of halogens is 1. The summed E-state index contributed by atoms with van der Waals surface area (Å²) >= 11 is 1.32. The average Bonchev–Trinajstić information content (AvgIpc) is 3.04. The van der Waals surface area contributed by atoms with Gasteiger partial charge in [0.15, 0.2) is 11.6 Å². The maximum atomic E-state index is 13.5. The molecule has 138 valence electrons. The number of thiazole rings is 1. The number of aromatic nitrogens is 1. The van der Waals surface area contributed by atoms with Crippen LogP contribution in [0.25, 0.3) is 10.2 Å². The van der Waals surface area contributed by atoms with E-state index in [4.69, 9.17) is 4.74 Å². The molecule has 2 heterocycles. The van der Waals surface area contributed by atoms with Crippen LogP contribution in [0.15, 0.2) is 42.5 Å². The van der Waals surface area contributed by atoms with Crippen LogP contribution in [0.5, 0.6) is 5.75 Å². The van der Waals surface area contributed by atoms with E-state index in [9.17, 15) is 14.0 Å². The Labute approximate surface area is 158 Å². The van der Waals surface area contributed by atoms with Crippen molar-refractivity contribution in [3.8, 4) is 5.75 Å². The smallest absolute Gasteiger partial charge is 0.280 e. The normalized spacial score (nSPS) is 13.8. The Balaban J connectivity index is 1.39. The monoisotopic (exact) mass is 385 g/mol. The number of rotatable bonds is 4. The Bertz CT molecular complexity index is 987. The molecule has 2 amide bonds. The minimum absolute atomic E-state index is 0.107. The van der Waals surface area contributed by atoms with Crippen LogP contribution < -0.4 is 10.1 Å². The number of amides is 2. The zero-order valence-corrected chi connectivity index (χ0v) is 15.1. The number of carbonyl (C=O) groups excluding carboxylic acids is 2. The summed E-state index contributed by atoms with van der Waals surface area (Å²) < 4.78 is 19.8. The molecular weight excluding hydrogens is 369 g/mol. The van der Waals surface area contributed by atoms with Crippen LogP contribution in [0.3, 0.4) is 0 Å². The van der Waals surface area contributed by atoms with E-state index >= 15 is 0 Å². The van der Waals surface area contributed by atoms with Gasteiger partial charge in [0.25, 0.3) is 11.8 Å². The van der Waals surface area contributed by atoms with Crippen molar-refractivity contribution < 1.29 is 18.7 Å². The van der Waals surface area contributed by atoms with Gasteiger partial charge in [-0.25, -0.2) is 9.37 Å². The van der Waals surface area contributed by atoms with E-state index in [0.717, 1.165) is 10.2 Å². The van der Waals surface area contributed by atoms with E-state index in [-0.39, 0.29) is 37.3 Å². The van der Waals surface area contributed by atoms with Gasteiger partial charge < -0.3 is 15.0 Å². The fourth-order valence-corrected chi connectivity index (χ4v) is 3.77. The minimum atomic E-state index is -0.379. The van der Waals surface area contributed by atoms with Crippen molar-refractivity contribution in [1.29, 1.82) is 0 Å². The first-order valence-corrected chi connectivity index (χ1v) is 9.24. The lowest BCUT2D eigenvalue weighted by atomic mass is 10.2. The number of hydrogen-bond acceptors (Lipinski definition) is 5. The molecule has 0 saturated carbocycles. The summed E-state index contributed by atoms with van der Waals surface area (Å²) in [5, 5.41) is 3.17. The molecule has 3 aromatic rings. The number of ether oxygens (including phenoxy) is 1. The molecule has 0 spiro atoms. The molecule has 0 saturated heterocycles. The summed E-state index contributed by atoms with van der Waals surface area (Å²) in [6.45, 7) is 0.702. The van der Waals surface area contributed by atoms with Crippen molar-refractivity contribution in [1.82, 2.24) is 15.2 Å². The van der Waals surface area contributed by atoms with Crippen LogP contribution >= 0.6 is 11.3 Å². The number of fused-ring (bicyclic) bond motifs is 2. The highest BCUT2D eigenvalue weighted by atomic mass is 32.1. The molecule has 8 heteroatoms. The lowest BCUT2D eigenvalue weighted by Crippen LogP contribution is -2.39. The van der Waals surface area contributed by atoms with Crippen molar-refractivity contribution in [2.24, 2.45) is 0 Å². The topological polar surface area (TPSA) is 71.5 Å². The van der Waals surface area contributed by atoms with Gasteiger partial charge in [-0.2, -0.15) is 0 Å². The number of nitrogens with one attached hydrogen (secondary N) is 1. The lowest BCUT2D eigenvalue weighted by molar-refractivity contribution is -0.133. The summed E-state index contributed by atoms with van der Waals surface area (Å²) in [5.74, 6) is -0.358. The van der Waals surface area contributed by atoms with Gasteiger partial charge in [-0.05, 0) is 30.3 Å². The van der Waals surface area contributed by atoms with E-state index in [1.54, 1.807) is 4.90 Å². The van der Waals surface area contributed by atoms with Crippen LogP contribution in [0.1, 0.15) is 15.4 Å². The third-order valence-electron chi connectivity index (χ3n) is 4.24. The van der Waals surface area contributed by atoms with Gasteiger partial charge in [-0.15, -0.1) is 11.3 Å². The summed E-state index contributed by atoms with van der Waals surface area (Å²) in [7, 11) is 0. The number of carbonyl (C=O) groups is 2. The van der Waals surface area contributed by atoms with Gasteiger partial charge in [-0.1, -0.05) is 12.1 Å². The number of nitrogens with zero attached hydrogens (tertiary/aromatic N) is 2. The van der Waals surface area contributed by atoms with Crippen molar-refractivity contribution >= 4 is 33.4 Å². The van der Waals surface area contributed by atoms with Crippen molar-refractivity contribution in [3.63, 3.8) is 0 Å². The summed E-state index contributed by atoms with van der Waals surface area (Å²) in [5.41, 5.74) is 1.39. The SMILES string of the molecule is O=C(NCCN1Cc2cc(F)ccc2OCC1=O)c1nc2ccccc2s1. The molecule has 6 nitrogen and oxygen atoms in total. The van der Waals surface area contributed by atoms with Crippen LogP contribution in [-0.4, -0.2) is 41.4 Å². The van der Waals surface area contributed by atoms with Crippen LogP contribution in [0.4, 0.5) is 4.39 Å². The maximum Gasteiger partial charge on any atom is 0.280 e. The molecule has 0 fully saturated rings. The second-order valence-corrected chi connectivity index (χ2v) is 7.13. The van der Waals surface area contributed by atoms with E-state index in [0.29, 0.717) is 22.9 Å². The molecule has 1 aliphatic rings. The minimum Gasteiger partial charge on any atom is -0.483 e. The van der Waals surface area contributed by atoms with Gasteiger partial charge in [-0.3, -0.25) is 9.59 Å². The zero-order chi connectivity index (χ0) is 18.8. The molecule has 0 aliphatic carbocycles. The van der Waals surface area contributed by atoms with Gasteiger partial charge in [0.1, 0.15) is 11.6 Å². The molecule has 0 bridgehead atoms. The molecule has 0 unspecified atom stereocenters. The highest BCUT2D eigenvalue weighted by Gasteiger charge is 2.22. The molecule has 4 rings (SSSR count). The second-order valence-electron chi connectivity index (χ2n) is 6.10. The van der Waals surface area contributed by atoms with Crippen molar-refractivity contribution in [2.75, 3.05) is 19.7 Å². The molecule has 1 aromatic heterocycles. The third-order valence-corrected chi connectivity index (χ3v) is 5.28. The first-order valence-electron chi connectivity index (χ1n) is 8.43. The van der Waals surface area contributed by atoms with E-state index in [1.165, 1.54) is 29.5 Å². The Morgan fingerprint density at radius 2 is 2.15 bits per heavy atom. The van der Waals surface area contributed by atoms with E-state index in [2.05, 4.69) is 10.3 Å². The maximum absolute atomic E-state index is 13.5. The highest BCUT2D eigenvalue weighted by molar-refractivity contribution is 7.20. The Morgan fingerprint density at radius 3 is 3.00 bits per heavy atom. The number of para-hydroxylation sites is 1. The van der Waals surface area contributed by atoms with Gasteiger partial charge in [0.05, 0.1) is 10.2 Å². The Hall–Kier alpha value is -3.00. The fourth-order valence-electron chi connectivity index (χ4n) is 2.89. The molecular formula is C19H16FN3O3S. The Kier molecular flexibility index (Phi) is 4.72. The van der Waals surface area contributed by atoms with Gasteiger partial charge in [0.2, 0.25) is 0 Å². The van der Waals surface area contributed by atoms with Crippen LogP contribution in [0.2, 0.25) is 0 Å². The summed E-state index contributed by atoms with van der Waals surface area (Å²) in [6.07, 6.45) is 0. The predicted octanol–water partition coefficient (Wildman–Crippen LogP) is 2.59. The van der Waals surface area contributed by atoms with E-state index in [1.807, 2.05) is 24.3 Å². The number of hydrogen-bond donors (Lipinski definition) is 1.